The molecule has 9 heavy (non-hydrogen) atoms. The van der Waals surface area contributed by atoms with Crippen LogP contribution >= 0.6 is 11.3 Å². The molecule has 1 aromatic heterocycles. The highest BCUT2D eigenvalue weighted by Gasteiger charge is 1.88. The van der Waals surface area contributed by atoms with E-state index in [4.69, 9.17) is 5.53 Å². The van der Waals surface area contributed by atoms with Crippen LogP contribution < -0.4 is 5.43 Å². The molecule has 0 fully saturated rings. The Kier molecular flexibility index (Phi) is 1.95. The fourth-order valence-corrected chi connectivity index (χ4v) is 0.968. The van der Waals surface area contributed by atoms with Gasteiger partial charge in [0.25, 0.3) is 0 Å². The molecule has 4 nitrogen and oxygen atoms in total. The molecule has 0 aliphatic rings. The summed E-state index contributed by atoms with van der Waals surface area (Å²) in [6.45, 7) is 0. The molecule has 1 rings (SSSR count). The lowest BCUT2D eigenvalue weighted by Crippen LogP contribution is -1.77. The molecule has 0 atom stereocenters. The Labute approximate surface area is 55.7 Å². The Balaban J connectivity index is 2.57. The van der Waals surface area contributed by atoms with Crippen LogP contribution in [0.15, 0.2) is 22.7 Å². The van der Waals surface area contributed by atoms with E-state index in [1.807, 2.05) is 17.5 Å². The van der Waals surface area contributed by atoms with Crippen LogP contribution in [0.25, 0.3) is 10.4 Å². The molecular formula is C4H4N4S. The van der Waals surface area contributed by atoms with Crippen molar-refractivity contribution in [2.75, 3.05) is 5.43 Å². The number of hydrogen-bond donors (Lipinski definition) is 1. The van der Waals surface area contributed by atoms with Gasteiger partial charge in [0.1, 0.15) is 0 Å². The first kappa shape index (κ1) is 5.94. The highest BCUT2D eigenvalue weighted by atomic mass is 32.1. The van der Waals surface area contributed by atoms with E-state index in [0.717, 1.165) is 5.00 Å². The summed E-state index contributed by atoms with van der Waals surface area (Å²) in [6.07, 6.45) is 0. The molecule has 0 aliphatic heterocycles. The van der Waals surface area contributed by atoms with E-state index < -0.39 is 0 Å². The molecule has 1 N–H and O–H groups in total. The average Bonchev–Trinajstić information content (AvgIpc) is 2.34. The van der Waals surface area contributed by atoms with E-state index in [9.17, 15) is 0 Å². The molecule has 46 valence electrons. The third kappa shape index (κ3) is 1.64. The normalized spacial score (nSPS) is 8.00. The summed E-state index contributed by atoms with van der Waals surface area (Å²) in [7, 11) is 0. The van der Waals surface area contributed by atoms with Crippen molar-refractivity contribution in [3.05, 3.63) is 28.0 Å². The molecule has 0 saturated heterocycles. The van der Waals surface area contributed by atoms with E-state index in [1.165, 1.54) is 11.3 Å². The maximum Gasteiger partial charge on any atom is 0.182 e. The molecule has 5 heteroatoms. The molecule has 0 amide bonds. The first-order valence-corrected chi connectivity index (χ1v) is 3.15. The summed E-state index contributed by atoms with van der Waals surface area (Å²) in [6, 6.07) is 3.71. The molecule has 1 aromatic rings. The van der Waals surface area contributed by atoms with Crippen LogP contribution in [-0.2, 0) is 0 Å². The first-order valence-electron chi connectivity index (χ1n) is 2.27. The van der Waals surface area contributed by atoms with Gasteiger partial charge in [-0.1, -0.05) is 0 Å². The van der Waals surface area contributed by atoms with Crippen LogP contribution in [0.3, 0.4) is 0 Å². The van der Waals surface area contributed by atoms with Gasteiger partial charge in [-0.2, -0.15) is 4.91 Å². The minimum Gasteiger partial charge on any atom is -0.218 e. The fourth-order valence-electron chi connectivity index (χ4n) is 0.414. The molecule has 0 bridgehead atoms. The summed E-state index contributed by atoms with van der Waals surface area (Å²) in [5.74, 6) is 0. The van der Waals surface area contributed by atoms with Gasteiger partial charge in [0.2, 0.25) is 0 Å². The van der Waals surface area contributed by atoms with Crippen molar-refractivity contribution >= 4 is 16.3 Å². The van der Waals surface area contributed by atoms with Gasteiger partial charge < -0.3 is 0 Å². The summed E-state index contributed by atoms with van der Waals surface area (Å²) < 4.78 is 0. The standard InChI is InChI=1S/C4H4N4S/c5-7-8-6-4-2-1-3-9-4/h1-3,6H. The zero-order valence-corrected chi connectivity index (χ0v) is 5.30. The van der Waals surface area contributed by atoms with Gasteiger partial charge in [-0.25, -0.2) is 5.43 Å². The molecule has 0 radical (unpaired) electrons. The summed E-state index contributed by atoms with van der Waals surface area (Å²) >= 11 is 1.49. The number of anilines is 1. The number of azide groups is 1. The monoisotopic (exact) mass is 140 g/mol. The molecule has 0 aliphatic carbocycles. The maximum absolute atomic E-state index is 7.87. The van der Waals surface area contributed by atoms with Gasteiger partial charge in [-0.05, 0) is 22.7 Å². The number of nitrogens with zero attached hydrogens (tertiary/aromatic N) is 3. The molecule has 0 unspecified atom stereocenters. The van der Waals surface area contributed by atoms with E-state index in [-0.39, 0.29) is 0 Å². The van der Waals surface area contributed by atoms with E-state index in [1.54, 1.807) is 0 Å². The Hall–Kier alpha value is -1.19. The van der Waals surface area contributed by atoms with Gasteiger partial charge in [-0.15, -0.1) is 16.9 Å². The van der Waals surface area contributed by atoms with Gasteiger partial charge >= 0.3 is 0 Å². The Morgan fingerprint density at radius 3 is 3.22 bits per heavy atom. The highest BCUT2D eigenvalue weighted by molar-refractivity contribution is 7.14. The Morgan fingerprint density at radius 1 is 1.78 bits per heavy atom. The van der Waals surface area contributed by atoms with E-state index >= 15 is 0 Å². The van der Waals surface area contributed by atoms with Gasteiger partial charge in [0, 0.05) is 0 Å². The third-order valence-electron chi connectivity index (χ3n) is 0.726. The zero-order valence-electron chi connectivity index (χ0n) is 4.48. The Morgan fingerprint density at radius 2 is 2.67 bits per heavy atom. The molecule has 1 heterocycles. The second-order valence-electron chi connectivity index (χ2n) is 1.28. The van der Waals surface area contributed by atoms with Crippen molar-refractivity contribution < 1.29 is 0 Å². The second kappa shape index (κ2) is 2.96. The van der Waals surface area contributed by atoms with Crippen LogP contribution in [0, 0.1) is 0 Å². The van der Waals surface area contributed by atoms with Gasteiger partial charge in [0.05, 0.1) is 0 Å². The number of hydrogen-bond acceptors (Lipinski definition) is 2. The van der Waals surface area contributed by atoms with Crippen LogP contribution in [0.2, 0.25) is 0 Å². The zero-order chi connectivity index (χ0) is 6.53. The van der Waals surface area contributed by atoms with Gasteiger partial charge in [0.15, 0.2) is 5.00 Å². The lowest BCUT2D eigenvalue weighted by atomic mass is 10.6. The maximum atomic E-state index is 7.87. The average molecular weight is 140 g/mol. The summed E-state index contributed by atoms with van der Waals surface area (Å²) in [5.41, 5.74) is 10.4. The minimum atomic E-state index is 0.854. The predicted octanol–water partition coefficient (Wildman–Crippen LogP) is 2.39. The molecular weight excluding hydrogens is 136 g/mol. The predicted molar refractivity (Wildman–Crippen MR) is 37.1 cm³/mol. The van der Waals surface area contributed by atoms with Crippen molar-refractivity contribution in [3.63, 3.8) is 0 Å². The highest BCUT2D eigenvalue weighted by Crippen LogP contribution is 2.14. The summed E-state index contributed by atoms with van der Waals surface area (Å²) in [4.78, 5) is 2.53. The smallest absolute Gasteiger partial charge is 0.182 e. The SMILES string of the molecule is [N-]=[N+]=NNc1cccs1. The van der Waals surface area contributed by atoms with Crippen molar-refractivity contribution in [1.29, 1.82) is 0 Å². The summed E-state index contributed by atoms with van der Waals surface area (Å²) in [5, 5.41) is 5.91. The van der Waals surface area contributed by atoms with Crippen LogP contribution in [0.4, 0.5) is 5.00 Å². The quantitative estimate of drug-likeness (QED) is 0.291. The second-order valence-corrected chi connectivity index (χ2v) is 2.23. The Bertz CT molecular complexity index is 210. The van der Waals surface area contributed by atoms with Crippen LogP contribution in [0.5, 0.6) is 0 Å². The first-order chi connectivity index (χ1) is 4.43. The van der Waals surface area contributed by atoms with Crippen molar-refractivity contribution in [2.24, 2.45) is 5.22 Å². The van der Waals surface area contributed by atoms with Crippen molar-refractivity contribution in [2.45, 2.75) is 0 Å². The van der Waals surface area contributed by atoms with Crippen molar-refractivity contribution in [1.82, 2.24) is 0 Å². The van der Waals surface area contributed by atoms with Crippen molar-refractivity contribution in [3.8, 4) is 0 Å². The third-order valence-corrected chi connectivity index (χ3v) is 1.50. The molecule has 0 spiro atoms. The lowest BCUT2D eigenvalue weighted by Gasteiger charge is -1.82. The largest absolute Gasteiger partial charge is 0.218 e. The molecule has 0 aromatic carbocycles. The minimum absolute atomic E-state index is 0.854. The van der Waals surface area contributed by atoms with Crippen LogP contribution in [0.1, 0.15) is 0 Å². The van der Waals surface area contributed by atoms with E-state index in [2.05, 4.69) is 15.6 Å². The van der Waals surface area contributed by atoms with Gasteiger partial charge in [-0.3, -0.25) is 0 Å². The fraction of sp³-hybridized carbons (Fsp3) is 0. The number of rotatable bonds is 2. The molecule has 0 saturated carbocycles. The lowest BCUT2D eigenvalue weighted by molar-refractivity contribution is 1.33. The van der Waals surface area contributed by atoms with E-state index in [0.29, 0.717) is 0 Å². The number of nitrogens with one attached hydrogen (secondary N) is 1. The van der Waals surface area contributed by atoms with Crippen LogP contribution in [-0.4, -0.2) is 0 Å². The number of thiophene rings is 1. The topological polar surface area (TPSA) is 60.8 Å².